The molecule has 4 nitrogen and oxygen atoms in total. The standard InChI is InChI=1S/C59H113NO3/c1-3-5-7-9-11-13-15-16-17-18-19-20-21-22-23-24-25-26-27-28-29-30-31-32-33-34-35-36-37-38-39-40-41-42-43-44-45-47-49-51-53-55-59(63)60-57(56-61)58(62)54-52-50-48-46-14-12-10-8-6-4-2/h14,18-19,46,52,54,57-58,61-62H,3-13,15-17,20-45,47-51,53,55-56H2,1-2H3,(H,60,63)/b19-18-,46-14+,54-52+. The molecule has 2 unspecified atom stereocenters. The van der Waals surface area contributed by atoms with E-state index in [1.807, 2.05) is 6.08 Å². The molecule has 3 N–H and O–H groups in total. The number of hydrogen-bond acceptors (Lipinski definition) is 3. The molecule has 2 atom stereocenters. The van der Waals surface area contributed by atoms with Gasteiger partial charge in [0.2, 0.25) is 5.91 Å². The van der Waals surface area contributed by atoms with Crippen molar-refractivity contribution in [3.05, 3.63) is 36.5 Å². The van der Waals surface area contributed by atoms with Crippen LogP contribution in [0.3, 0.4) is 0 Å². The zero-order valence-electron chi connectivity index (χ0n) is 42.9. The fourth-order valence-corrected chi connectivity index (χ4v) is 8.96. The molecule has 0 aromatic carbocycles. The average molecular weight is 885 g/mol. The van der Waals surface area contributed by atoms with Crippen molar-refractivity contribution in [3.63, 3.8) is 0 Å². The van der Waals surface area contributed by atoms with Crippen molar-refractivity contribution in [3.8, 4) is 0 Å². The average Bonchev–Trinajstić information content (AvgIpc) is 3.29. The first-order valence-corrected chi connectivity index (χ1v) is 28.7. The lowest BCUT2D eigenvalue weighted by molar-refractivity contribution is -0.123. The molecule has 0 saturated heterocycles. The lowest BCUT2D eigenvalue weighted by atomic mass is 10.0. The van der Waals surface area contributed by atoms with E-state index in [2.05, 4.69) is 43.5 Å². The molecule has 0 aliphatic rings. The van der Waals surface area contributed by atoms with Crippen LogP contribution in [0.4, 0.5) is 0 Å². The number of carbonyl (C=O) groups excluding carboxylic acids is 1. The Kier molecular flexibility index (Phi) is 53.7. The molecule has 0 aliphatic carbocycles. The van der Waals surface area contributed by atoms with Gasteiger partial charge in [0.25, 0.3) is 0 Å². The number of hydrogen-bond donors (Lipinski definition) is 3. The molecule has 0 fully saturated rings. The molecule has 0 saturated carbocycles. The highest BCUT2D eigenvalue weighted by atomic mass is 16.3. The maximum absolute atomic E-state index is 12.4. The van der Waals surface area contributed by atoms with Gasteiger partial charge in [0.15, 0.2) is 0 Å². The van der Waals surface area contributed by atoms with Gasteiger partial charge in [-0.1, -0.05) is 288 Å². The van der Waals surface area contributed by atoms with Gasteiger partial charge in [0.1, 0.15) is 0 Å². The molecule has 0 radical (unpaired) electrons. The van der Waals surface area contributed by atoms with Crippen LogP contribution in [0.2, 0.25) is 0 Å². The number of amides is 1. The Morgan fingerprint density at radius 1 is 0.365 bits per heavy atom. The Bertz CT molecular complexity index is 958. The summed E-state index contributed by atoms with van der Waals surface area (Å²) in [4.78, 5) is 12.4. The first-order chi connectivity index (χ1) is 31.2. The van der Waals surface area contributed by atoms with E-state index in [1.165, 1.54) is 263 Å². The summed E-state index contributed by atoms with van der Waals surface area (Å²) in [5.41, 5.74) is 0. The summed E-state index contributed by atoms with van der Waals surface area (Å²) in [5, 5.41) is 22.9. The zero-order chi connectivity index (χ0) is 45.6. The molecular weight excluding hydrogens is 771 g/mol. The van der Waals surface area contributed by atoms with Crippen LogP contribution in [0.25, 0.3) is 0 Å². The Hall–Kier alpha value is -1.39. The number of carbonyl (C=O) groups is 1. The summed E-state index contributed by atoms with van der Waals surface area (Å²) >= 11 is 0. The van der Waals surface area contributed by atoms with Gasteiger partial charge in [-0.25, -0.2) is 0 Å². The normalized spacial score (nSPS) is 13.0. The topological polar surface area (TPSA) is 69.6 Å². The summed E-state index contributed by atoms with van der Waals surface area (Å²) in [6, 6.07) is -0.635. The van der Waals surface area contributed by atoms with E-state index >= 15 is 0 Å². The summed E-state index contributed by atoms with van der Waals surface area (Å²) in [5.74, 6) is -0.0710. The maximum atomic E-state index is 12.4. The van der Waals surface area contributed by atoms with E-state index in [0.717, 1.165) is 32.1 Å². The minimum atomic E-state index is -0.858. The van der Waals surface area contributed by atoms with Crippen LogP contribution in [0, 0.1) is 0 Å². The van der Waals surface area contributed by atoms with Gasteiger partial charge in [0.05, 0.1) is 18.8 Å². The predicted octanol–water partition coefficient (Wildman–Crippen LogP) is 18.9. The molecule has 0 aromatic heterocycles. The van der Waals surface area contributed by atoms with Crippen molar-refractivity contribution in [2.24, 2.45) is 0 Å². The second-order valence-corrected chi connectivity index (χ2v) is 19.7. The van der Waals surface area contributed by atoms with Crippen LogP contribution in [-0.2, 0) is 4.79 Å². The summed E-state index contributed by atoms with van der Waals surface area (Å²) in [6.45, 7) is 4.28. The first kappa shape index (κ1) is 61.6. The lowest BCUT2D eigenvalue weighted by Crippen LogP contribution is -2.45. The van der Waals surface area contributed by atoms with Gasteiger partial charge < -0.3 is 15.5 Å². The summed E-state index contributed by atoms with van der Waals surface area (Å²) in [7, 11) is 0. The van der Waals surface area contributed by atoms with Crippen LogP contribution in [0.15, 0.2) is 36.5 Å². The predicted molar refractivity (Wildman–Crippen MR) is 281 cm³/mol. The number of nitrogens with one attached hydrogen (secondary N) is 1. The van der Waals surface area contributed by atoms with Crippen molar-refractivity contribution in [1.29, 1.82) is 0 Å². The van der Waals surface area contributed by atoms with E-state index in [-0.39, 0.29) is 12.5 Å². The largest absolute Gasteiger partial charge is 0.394 e. The van der Waals surface area contributed by atoms with Gasteiger partial charge in [-0.3, -0.25) is 4.79 Å². The third-order valence-electron chi connectivity index (χ3n) is 13.3. The number of rotatable bonds is 53. The molecule has 0 bridgehead atoms. The third kappa shape index (κ3) is 51.5. The molecule has 0 aliphatic heterocycles. The fourth-order valence-electron chi connectivity index (χ4n) is 8.96. The number of aliphatic hydroxyl groups excluding tert-OH is 2. The molecule has 372 valence electrons. The Morgan fingerprint density at radius 3 is 0.937 bits per heavy atom. The molecule has 0 heterocycles. The highest BCUT2D eigenvalue weighted by molar-refractivity contribution is 5.76. The smallest absolute Gasteiger partial charge is 0.220 e. The van der Waals surface area contributed by atoms with Gasteiger partial charge in [-0.15, -0.1) is 0 Å². The van der Waals surface area contributed by atoms with Gasteiger partial charge in [0, 0.05) is 6.42 Å². The lowest BCUT2D eigenvalue weighted by Gasteiger charge is -2.19. The van der Waals surface area contributed by atoms with Crippen LogP contribution >= 0.6 is 0 Å². The van der Waals surface area contributed by atoms with E-state index in [0.29, 0.717) is 6.42 Å². The molecule has 0 rings (SSSR count). The maximum Gasteiger partial charge on any atom is 0.220 e. The highest BCUT2D eigenvalue weighted by Gasteiger charge is 2.18. The monoisotopic (exact) mass is 884 g/mol. The van der Waals surface area contributed by atoms with Crippen molar-refractivity contribution in [2.75, 3.05) is 6.61 Å². The number of unbranched alkanes of at least 4 members (excludes halogenated alkanes) is 42. The van der Waals surface area contributed by atoms with E-state index < -0.39 is 12.1 Å². The fraction of sp³-hybridized carbons (Fsp3) is 0.881. The summed E-state index contributed by atoms with van der Waals surface area (Å²) in [6.07, 6.45) is 74.9. The molecule has 1 amide bonds. The minimum Gasteiger partial charge on any atom is -0.394 e. The second-order valence-electron chi connectivity index (χ2n) is 19.7. The third-order valence-corrected chi connectivity index (χ3v) is 13.3. The SMILES string of the molecule is CCCCCC/C=C/CC/C=C/C(O)C(CO)NC(=O)CCCCCCCCCCCCCCCCCCCCCCCCCCCCCCC/C=C\CCCCCCCCCC. The van der Waals surface area contributed by atoms with Crippen LogP contribution < -0.4 is 5.32 Å². The molecular formula is C59H113NO3. The molecule has 0 aromatic rings. The van der Waals surface area contributed by atoms with Crippen molar-refractivity contribution < 1.29 is 15.0 Å². The van der Waals surface area contributed by atoms with Gasteiger partial charge in [-0.05, 0) is 57.8 Å². The summed E-state index contributed by atoms with van der Waals surface area (Å²) < 4.78 is 0. The zero-order valence-corrected chi connectivity index (χ0v) is 42.9. The Balaban J connectivity index is 3.33. The van der Waals surface area contributed by atoms with Gasteiger partial charge in [-0.2, -0.15) is 0 Å². The molecule has 63 heavy (non-hydrogen) atoms. The van der Waals surface area contributed by atoms with E-state index in [9.17, 15) is 15.0 Å². The van der Waals surface area contributed by atoms with Crippen LogP contribution in [0.1, 0.15) is 316 Å². The van der Waals surface area contributed by atoms with Crippen molar-refractivity contribution >= 4 is 5.91 Å². The molecule has 4 heteroatoms. The van der Waals surface area contributed by atoms with Crippen LogP contribution in [-0.4, -0.2) is 34.9 Å². The quantitative estimate of drug-likeness (QED) is 0.0421. The van der Waals surface area contributed by atoms with E-state index in [4.69, 9.17) is 0 Å². The number of allylic oxidation sites excluding steroid dienone is 5. The van der Waals surface area contributed by atoms with Crippen molar-refractivity contribution in [1.82, 2.24) is 5.32 Å². The second kappa shape index (κ2) is 54.9. The van der Waals surface area contributed by atoms with Gasteiger partial charge >= 0.3 is 0 Å². The Morgan fingerprint density at radius 2 is 0.619 bits per heavy atom. The first-order valence-electron chi connectivity index (χ1n) is 28.7. The Labute approximate surface area is 395 Å². The molecule has 0 spiro atoms. The minimum absolute atomic E-state index is 0.0710. The van der Waals surface area contributed by atoms with Crippen LogP contribution in [0.5, 0.6) is 0 Å². The van der Waals surface area contributed by atoms with E-state index in [1.54, 1.807) is 6.08 Å². The number of aliphatic hydroxyl groups is 2. The highest BCUT2D eigenvalue weighted by Crippen LogP contribution is 2.17. The van der Waals surface area contributed by atoms with Crippen molar-refractivity contribution in [2.45, 2.75) is 328 Å².